The fourth-order valence-corrected chi connectivity index (χ4v) is 3.02. The Morgan fingerprint density at radius 1 is 1.33 bits per heavy atom. The summed E-state index contributed by atoms with van der Waals surface area (Å²) in [5.74, 6) is 0.904. The number of benzene rings is 1. The highest BCUT2D eigenvalue weighted by atomic mass is 16.5. The number of amides is 1. The topological polar surface area (TPSA) is 60.2 Å². The van der Waals surface area contributed by atoms with E-state index in [4.69, 9.17) is 4.74 Å². The third-order valence-corrected chi connectivity index (χ3v) is 4.53. The number of hydrogen-bond donors (Lipinski definition) is 0. The summed E-state index contributed by atoms with van der Waals surface area (Å²) in [7, 11) is 0. The van der Waals surface area contributed by atoms with Crippen LogP contribution in [0.25, 0.3) is 0 Å². The van der Waals surface area contributed by atoms with Gasteiger partial charge in [0, 0.05) is 12.6 Å². The second kappa shape index (κ2) is 7.47. The first kappa shape index (κ1) is 16.5. The lowest BCUT2D eigenvalue weighted by atomic mass is 10.0. The zero-order valence-electron chi connectivity index (χ0n) is 14.3. The highest BCUT2D eigenvalue weighted by Gasteiger charge is 2.28. The van der Waals surface area contributed by atoms with Gasteiger partial charge < -0.3 is 9.64 Å². The number of carbonyl (C=O) groups excluding carboxylic acids is 1. The van der Waals surface area contributed by atoms with E-state index in [-0.39, 0.29) is 11.9 Å². The van der Waals surface area contributed by atoms with Crippen LogP contribution in [-0.2, 0) is 11.4 Å². The standard InChI is InChI=1S/C18H24N4O2/c1-14-8-6-7-11-21(14)18(23)15(2)22-12-16(19-20-22)13-24-17-9-4-3-5-10-17/h3-5,9-10,12,14-15H,6-8,11,13H2,1-2H3. The van der Waals surface area contributed by atoms with Gasteiger partial charge in [0.05, 0.1) is 6.20 Å². The molecule has 1 saturated heterocycles. The molecule has 24 heavy (non-hydrogen) atoms. The van der Waals surface area contributed by atoms with Crippen LogP contribution in [0.3, 0.4) is 0 Å². The molecule has 0 saturated carbocycles. The lowest BCUT2D eigenvalue weighted by Gasteiger charge is -2.35. The molecule has 0 spiro atoms. The van der Waals surface area contributed by atoms with Gasteiger partial charge in [-0.05, 0) is 45.2 Å². The maximum atomic E-state index is 12.7. The Hall–Kier alpha value is -2.37. The molecule has 2 aromatic rings. The average molecular weight is 328 g/mol. The Labute approximate surface area is 142 Å². The van der Waals surface area contributed by atoms with Crippen molar-refractivity contribution in [1.82, 2.24) is 19.9 Å². The molecule has 1 aliphatic heterocycles. The summed E-state index contributed by atoms with van der Waals surface area (Å²) in [4.78, 5) is 14.7. The van der Waals surface area contributed by atoms with Crippen molar-refractivity contribution >= 4 is 5.91 Å². The molecule has 2 unspecified atom stereocenters. The summed E-state index contributed by atoms with van der Waals surface area (Å²) in [5, 5.41) is 8.22. The van der Waals surface area contributed by atoms with Crippen LogP contribution in [0.15, 0.2) is 36.5 Å². The predicted octanol–water partition coefficient (Wildman–Crippen LogP) is 2.82. The molecule has 1 aliphatic rings. The summed E-state index contributed by atoms with van der Waals surface area (Å²) in [5.41, 5.74) is 0.713. The van der Waals surface area contributed by atoms with Gasteiger partial charge in [0.2, 0.25) is 5.91 Å². The second-order valence-corrected chi connectivity index (χ2v) is 6.34. The molecule has 1 amide bonds. The Bertz CT molecular complexity index is 671. The van der Waals surface area contributed by atoms with Crippen molar-refractivity contribution in [2.45, 2.75) is 51.8 Å². The van der Waals surface area contributed by atoms with Gasteiger partial charge in [0.25, 0.3) is 0 Å². The number of ether oxygens (including phenoxy) is 1. The highest BCUT2D eigenvalue weighted by molar-refractivity contribution is 5.80. The molecule has 6 heteroatoms. The summed E-state index contributed by atoms with van der Waals surface area (Å²) in [6.07, 6.45) is 5.14. The van der Waals surface area contributed by atoms with E-state index in [1.165, 1.54) is 6.42 Å². The number of hydrogen-bond acceptors (Lipinski definition) is 4. The van der Waals surface area contributed by atoms with Crippen molar-refractivity contribution in [2.24, 2.45) is 0 Å². The molecular formula is C18H24N4O2. The van der Waals surface area contributed by atoms with Gasteiger partial charge in [0.1, 0.15) is 24.1 Å². The molecule has 1 aromatic carbocycles. The van der Waals surface area contributed by atoms with Crippen LogP contribution in [0.2, 0.25) is 0 Å². The Balaban J connectivity index is 1.60. The number of nitrogens with zero attached hydrogens (tertiary/aromatic N) is 4. The maximum Gasteiger partial charge on any atom is 0.247 e. The molecule has 0 N–H and O–H groups in total. The highest BCUT2D eigenvalue weighted by Crippen LogP contribution is 2.20. The number of likely N-dealkylation sites (tertiary alicyclic amines) is 1. The van der Waals surface area contributed by atoms with E-state index in [2.05, 4.69) is 17.2 Å². The quantitative estimate of drug-likeness (QED) is 0.847. The van der Waals surface area contributed by atoms with Gasteiger partial charge >= 0.3 is 0 Å². The van der Waals surface area contributed by atoms with E-state index in [0.29, 0.717) is 18.3 Å². The third kappa shape index (κ3) is 3.75. The number of piperidine rings is 1. The number of para-hydroxylation sites is 1. The van der Waals surface area contributed by atoms with Gasteiger partial charge in [-0.3, -0.25) is 4.79 Å². The van der Waals surface area contributed by atoms with E-state index in [1.54, 1.807) is 10.9 Å². The zero-order valence-corrected chi connectivity index (χ0v) is 14.3. The van der Waals surface area contributed by atoms with E-state index in [0.717, 1.165) is 25.1 Å². The van der Waals surface area contributed by atoms with Gasteiger partial charge in [-0.2, -0.15) is 0 Å². The van der Waals surface area contributed by atoms with Crippen molar-refractivity contribution < 1.29 is 9.53 Å². The van der Waals surface area contributed by atoms with Crippen LogP contribution in [-0.4, -0.2) is 38.4 Å². The summed E-state index contributed by atoms with van der Waals surface area (Å²) in [6, 6.07) is 9.54. The van der Waals surface area contributed by atoms with Crippen LogP contribution < -0.4 is 4.74 Å². The van der Waals surface area contributed by atoms with Gasteiger partial charge in [-0.1, -0.05) is 23.4 Å². The first-order valence-electron chi connectivity index (χ1n) is 8.54. The first-order valence-corrected chi connectivity index (χ1v) is 8.54. The fourth-order valence-electron chi connectivity index (χ4n) is 3.02. The molecule has 1 aromatic heterocycles. The van der Waals surface area contributed by atoms with Crippen molar-refractivity contribution in [3.63, 3.8) is 0 Å². The lowest BCUT2D eigenvalue weighted by Crippen LogP contribution is -2.45. The van der Waals surface area contributed by atoms with Gasteiger partial charge in [-0.25, -0.2) is 4.68 Å². The Morgan fingerprint density at radius 3 is 2.88 bits per heavy atom. The van der Waals surface area contributed by atoms with E-state index in [1.807, 2.05) is 42.2 Å². The number of carbonyl (C=O) groups is 1. The van der Waals surface area contributed by atoms with Crippen LogP contribution in [0.4, 0.5) is 0 Å². The van der Waals surface area contributed by atoms with E-state index < -0.39 is 0 Å². The molecule has 2 heterocycles. The van der Waals surface area contributed by atoms with E-state index >= 15 is 0 Å². The Morgan fingerprint density at radius 2 is 2.12 bits per heavy atom. The molecule has 2 atom stereocenters. The minimum atomic E-state index is -0.344. The number of aromatic nitrogens is 3. The molecule has 0 bridgehead atoms. The SMILES string of the molecule is CC1CCCCN1C(=O)C(C)n1cc(COc2ccccc2)nn1. The van der Waals surface area contributed by atoms with Crippen LogP contribution in [0, 0.1) is 0 Å². The Kier molecular flexibility index (Phi) is 5.13. The van der Waals surface area contributed by atoms with Crippen molar-refractivity contribution in [2.75, 3.05) is 6.54 Å². The average Bonchev–Trinajstić information content (AvgIpc) is 3.09. The van der Waals surface area contributed by atoms with Gasteiger partial charge in [-0.15, -0.1) is 5.10 Å². The molecule has 6 nitrogen and oxygen atoms in total. The second-order valence-electron chi connectivity index (χ2n) is 6.34. The third-order valence-electron chi connectivity index (χ3n) is 4.53. The normalized spacial score (nSPS) is 19.1. The minimum Gasteiger partial charge on any atom is -0.487 e. The number of rotatable bonds is 5. The van der Waals surface area contributed by atoms with Crippen LogP contribution in [0.1, 0.15) is 44.8 Å². The fraction of sp³-hybridized carbons (Fsp3) is 0.500. The molecule has 1 fully saturated rings. The molecule has 0 aliphatic carbocycles. The van der Waals surface area contributed by atoms with Crippen LogP contribution >= 0.6 is 0 Å². The predicted molar refractivity (Wildman–Crippen MR) is 90.5 cm³/mol. The molecule has 128 valence electrons. The molecule has 0 radical (unpaired) electrons. The zero-order chi connectivity index (χ0) is 16.9. The lowest BCUT2D eigenvalue weighted by molar-refractivity contribution is -0.137. The largest absolute Gasteiger partial charge is 0.487 e. The minimum absolute atomic E-state index is 0.114. The van der Waals surface area contributed by atoms with Crippen molar-refractivity contribution in [3.8, 4) is 5.75 Å². The summed E-state index contributed by atoms with van der Waals surface area (Å²) in [6.45, 7) is 5.17. The van der Waals surface area contributed by atoms with Crippen LogP contribution in [0.5, 0.6) is 5.75 Å². The molecule has 3 rings (SSSR count). The van der Waals surface area contributed by atoms with Crippen molar-refractivity contribution in [1.29, 1.82) is 0 Å². The molecular weight excluding hydrogens is 304 g/mol. The first-order chi connectivity index (χ1) is 11.6. The van der Waals surface area contributed by atoms with E-state index in [9.17, 15) is 4.79 Å². The van der Waals surface area contributed by atoms with Gasteiger partial charge in [0.15, 0.2) is 0 Å². The summed E-state index contributed by atoms with van der Waals surface area (Å²) < 4.78 is 7.30. The monoisotopic (exact) mass is 328 g/mol. The van der Waals surface area contributed by atoms with Crippen molar-refractivity contribution in [3.05, 3.63) is 42.2 Å². The smallest absolute Gasteiger partial charge is 0.247 e. The maximum absolute atomic E-state index is 12.7. The summed E-state index contributed by atoms with van der Waals surface area (Å²) >= 11 is 0.